The van der Waals surface area contributed by atoms with Crippen molar-refractivity contribution in [1.29, 1.82) is 0 Å². The molecule has 1 rings (SSSR count). The Hall–Kier alpha value is -1.13. The van der Waals surface area contributed by atoms with Crippen LogP contribution in [0.15, 0.2) is 12.4 Å². The van der Waals surface area contributed by atoms with E-state index in [0.29, 0.717) is 0 Å². The molecule has 0 radical (unpaired) electrons. The van der Waals surface area contributed by atoms with Gasteiger partial charge in [-0.25, -0.2) is 8.78 Å². The largest absolute Gasteiger partial charge is 0.380 e. The summed E-state index contributed by atoms with van der Waals surface area (Å²) in [7, 11) is 0. The number of rotatable bonds is 4. The molecular formula is C8H13F2N3. The second-order valence-corrected chi connectivity index (χ2v) is 3.14. The predicted molar refractivity (Wildman–Crippen MR) is 47.0 cm³/mol. The lowest BCUT2D eigenvalue weighted by atomic mass is 10.4. The predicted octanol–water partition coefficient (Wildman–Crippen LogP) is 1.97. The summed E-state index contributed by atoms with van der Waals surface area (Å²) in [5.74, 6) is 0. The Morgan fingerprint density at radius 1 is 1.54 bits per heavy atom. The molecule has 0 fully saturated rings. The first-order valence-electron chi connectivity index (χ1n) is 4.15. The Balaban J connectivity index is 2.53. The molecule has 1 aromatic rings. The van der Waals surface area contributed by atoms with Crippen LogP contribution in [0.25, 0.3) is 0 Å². The van der Waals surface area contributed by atoms with E-state index in [1.807, 2.05) is 13.8 Å². The highest BCUT2D eigenvalue weighted by molar-refractivity contribution is 5.38. The van der Waals surface area contributed by atoms with Crippen LogP contribution in [0.5, 0.6) is 0 Å². The molecule has 0 saturated heterocycles. The summed E-state index contributed by atoms with van der Waals surface area (Å²) in [6.07, 6.45) is 0.765. The molecule has 1 N–H and O–H groups in total. The number of nitrogens with zero attached hydrogens (tertiary/aromatic N) is 2. The van der Waals surface area contributed by atoms with Crippen molar-refractivity contribution in [3.63, 3.8) is 0 Å². The van der Waals surface area contributed by atoms with Crippen molar-refractivity contribution in [2.45, 2.75) is 32.9 Å². The molecule has 5 heteroatoms. The number of anilines is 1. The van der Waals surface area contributed by atoms with Gasteiger partial charge in [0.15, 0.2) is 0 Å². The molecule has 0 bridgehead atoms. The second-order valence-electron chi connectivity index (χ2n) is 3.14. The standard InChI is InChI=1S/C8H13F2N3/c1-6(2)12-7-3-11-13(4-7)5-8(9)10/h3-4,6,8,12H,5H2,1-2H3. The average Bonchev–Trinajstić information content (AvgIpc) is 2.33. The van der Waals surface area contributed by atoms with E-state index in [4.69, 9.17) is 0 Å². The van der Waals surface area contributed by atoms with Crippen molar-refractivity contribution < 1.29 is 8.78 Å². The molecule has 0 saturated carbocycles. The van der Waals surface area contributed by atoms with Gasteiger partial charge in [0.25, 0.3) is 6.43 Å². The third kappa shape index (κ3) is 3.40. The zero-order valence-electron chi connectivity index (χ0n) is 7.67. The molecule has 0 atom stereocenters. The van der Waals surface area contributed by atoms with E-state index in [-0.39, 0.29) is 12.6 Å². The number of halogens is 2. The highest BCUT2D eigenvalue weighted by Gasteiger charge is 2.05. The molecule has 0 amide bonds. The third-order valence-electron chi connectivity index (χ3n) is 1.41. The maximum Gasteiger partial charge on any atom is 0.257 e. The lowest BCUT2D eigenvalue weighted by molar-refractivity contribution is 0.122. The van der Waals surface area contributed by atoms with Crippen molar-refractivity contribution in [3.05, 3.63) is 12.4 Å². The van der Waals surface area contributed by atoms with Crippen molar-refractivity contribution in [2.75, 3.05) is 5.32 Å². The Morgan fingerprint density at radius 3 is 2.77 bits per heavy atom. The monoisotopic (exact) mass is 189 g/mol. The van der Waals surface area contributed by atoms with E-state index in [2.05, 4.69) is 10.4 Å². The average molecular weight is 189 g/mol. The van der Waals surface area contributed by atoms with Crippen LogP contribution in [0.1, 0.15) is 13.8 Å². The van der Waals surface area contributed by atoms with Crippen LogP contribution in [0.4, 0.5) is 14.5 Å². The molecule has 74 valence electrons. The maximum absolute atomic E-state index is 11.9. The summed E-state index contributed by atoms with van der Waals surface area (Å²) in [4.78, 5) is 0. The third-order valence-corrected chi connectivity index (χ3v) is 1.41. The van der Waals surface area contributed by atoms with Gasteiger partial charge >= 0.3 is 0 Å². The van der Waals surface area contributed by atoms with E-state index in [9.17, 15) is 8.78 Å². The molecule has 1 aromatic heterocycles. The fourth-order valence-electron chi connectivity index (χ4n) is 1.01. The van der Waals surface area contributed by atoms with Crippen molar-refractivity contribution >= 4 is 5.69 Å². The van der Waals surface area contributed by atoms with Gasteiger partial charge in [0.1, 0.15) is 6.54 Å². The zero-order chi connectivity index (χ0) is 9.84. The van der Waals surface area contributed by atoms with Crippen LogP contribution in [-0.4, -0.2) is 22.2 Å². The van der Waals surface area contributed by atoms with Gasteiger partial charge in [0.05, 0.1) is 11.9 Å². The number of alkyl halides is 2. The Bertz CT molecular complexity index is 233. The van der Waals surface area contributed by atoms with Gasteiger partial charge < -0.3 is 5.32 Å². The molecule has 0 aromatic carbocycles. The van der Waals surface area contributed by atoms with Gasteiger partial charge in [-0.15, -0.1) is 0 Å². The molecule has 0 spiro atoms. The first-order valence-corrected chi connectivity index (χ1v) is 4.15. The molecule has 0 aliphatic heterocycles. The molecular weight excluding hydrogens is 176 g/mol. The van der Waals surface area contributed by atoms with Crippen LogP contribution >= 0.6 is 0 Å². The Labute approximate surface area is 75.7 Å². The first-order chi connectivity index (χ1) is 6.08. The molecule has 0 aliphatic rings. The number of hydrogen-bond donors (Lipinski definition) is 1. The van der Waals surface area contributed by atoms with Crippen molar-refractivity contribution in [1.82, 2.24) is 9.78 Å². The van der Waals surface area contributed by atoms with Crippen LogP contribution in [0, 0.1) is 0 Å². The van der Waals surface area contributed by atoms with E-state index < -0.39 is 6.43 Å². The van der Waals surface area contributed by atoms with Crippen LogP contribution in [-0.2, 0) is 6.54 Å². The lowest BCUT2D eigenvalue weighted by Gasteiger charge is -2.05. The summed E-state index contributed by atoms with van der Waals surface area (Å²) in [6, 6.07) is 0.282. The number of hydrogen-bond acceptors (Lipinski definition) is 2. The van der Waals surface area contributed by atoms with Crippen LogP contribution < -0.4 is 5.32 Å². The molecule has 0 aliphatic carbocycles. The van der Waals surface area contributed by atoms with Crippen molar-refractivity contribution in [3.8, 4) is 0 Å². The van der Waals surface area contributed by atoms with Gasteiger partial charge in [-0.3, -0.25) is 4.68 Å². The minimum Gasteiger partial charge on any atom is -0.380 e. The number of aromatic nitrogens is 2. The zero-order valence-corrected chi connectivity index (χ0v) is 7.67. The maximum atomic E-state index is 11.9. The normalized spacial score (nSPS) is 11.2. The van der Waals surface area contributed by atoms with Crippen molar-refractivity contribution in [2.24, 2.45) is 0 Å². The summed E-state index contributed by atoms with van der Waals surface area (Å²) >= 11 is 0. The smallest absolute Gasteiger partial charge is 0.257 e. The topological polar surface area (TPSA) is 29.9 Å². The first kappa shape index (κ1) is 9.95. The molecule has 0 unspecified atom stereocenters. The highest BCUT2D eigenvalue weighted by atomic mass is 19.3. The van der Waals surface area contributed by atoms with E-state index in [1.165, 1.54) is 4.68 Å². The summed E-state index contributed by atoms with van der Waals surface area (Å²) < 4.78 is 25.1. The Kier molecular flexibility index (Phi) is 3.22. The van der Waals surface area contributed by atoms with Gasteiger partial charge in [-0.05, 0) is 13.8 Å². The fourth-order valence-corrected chi connectivity index (χ4v) is 1.01. The lowest BCUT2D eigenvalue weighted by Crippen LogP contribution is -2.09. The van der Waals surface area contributed by atoms with E-state index in [1.54, 1.807) is 12.4 Å². The van der Waals surface area contributed by atoms with Gasteiger partial charge in [0, 0.05) is 12.2 Å². The summed E-state index contributed by atoms with van der Waals surface area (Å²) in [5, 5.41) is 6.85. The van der Waals surface area contributed by atoms with Gasteiger partial charge in [-0.2, -0.15) is 5.10 Å². The molecule has 1 heterocycles. The van der Waals surface area contributed by atoms with Crippen LogP contribution in [0.3, 0.4) is 0 Å². The molecule has 13 heavy (non-hydrogen) atoms. The second kappa shape index (κ2) is 4.20. The van der Waals surface area contributed by atoms with E-state index >= 15 is 0 Å². The molecule has 3 nitrogen and oxygen atoms in total. The highest BCUT2D eigenvalue weighted by Crippen LogP contribution is 2.07. The van der Waals surface area contributed by atoms with Gasteiger partial charge in [-0.1, -0.05) is 0 Å². The fraction of sp³-hybridized carbons (Fsp3) is 0.625. The minimum atomic E-state index is -2.35. The Morgan fingerprint density at radius 2 is 2.23 bits per heavy atom. The van der Waals surface area contributed by atoms with Crippen LogP contribution in [0.2, 0.25) is 0 Å². The summed E-state index contributed by atoms with van der Waals surface area (Å²) in [6.45, 7) is 3.61. The number of nitrogens with one attached hydrogen (secondary N) is 1. The SMILES string of the molecule is CC(C)Nc1cnn(CC(F)F)c1. The minimum absolute atomic E-state index is 0.282. The summed E-state index contributed by atoms with van der Waals surface area (Å²) in [5.41, 5.74) is 0.774. The van der Waals surface area contributed by atoms with E-state index in [0.717, 1.165) is 5.69 Å². The quantitative estimate of drug-likeness (QED) is 0.784. The van der Waals surface area contributed by atoms with Gasteiger partial charge in [0.2, 0.25) is 0 Å².